The molecule has 1 heterocycles. The Morgan fingerprint density at radius 3 is 1.39 bits per heavy atom. The highest BCUT2D eigenvalue weighted by Gasteiger charge is 2.48. The molecule has 672 valence electrons. The number of amides is 13. The average Bonchev–Trinajstić information content (AvgIpc) is 0.757. The largest absolute Gasteiger partial charge is 0.850 e. The van der Waals surface area contributed by atoms with Crippen molar-refractivity contribution in [3.8, 4) is 0 Å². The van der Waals surface area contributed by atoms with Gasteiger partial charge >= 0.3 is 0 Å². The van der Waals surface area contributed by atoms with E-state index >= 15 is 24.3 Å². The summed E-state index contributed by atoms with van der Waals surface area (Å²) in [5.74, 6) is -11.3. The molecule has 1 fully saturated rings. The third-order valence-corrected chi connectivity index (χ3v) is 27.1. The number of benzene rings is 4. The maximum Gasteiger partial charge on any atom is 0.251 e. The van der Waals surface area contributed by atoms with E-state index in [0.29, 0.717) is 23.7 Å². The van der Waals surface area contributed by atoms with Gasteiger partial charge in [-0.2, -0.15) is 0 Å². The van der Waals surface area contributed by atoms with Crippen molar-refractivity contribution >= 4 is 106 Å². The normalized spacial score (nSPS) is 22.2. The van der Waals surface area contributed by atoms with Crippen LogP contribution in [-0.4, -0.2) is 266 Å². The lowest BCUT2D eigenvalue weighted by atomic mass is 9.91. The Balaban J connectivity index is 1.42. The van der Waals surface area contributed by atoms with Crippen molar-refractivity contribution in [3.05, 3.63) is 132 Å². The lowest BCUT2D eigenvalue weighted by molar-refractivity contribution is -0.439. The Kier molecular flexibility index (Phi) is 41.1. The number of rotatable bonds is 29. The van der Waals surface area contributed by atoms with Crippen LogP contribution in [0.1, 0.15) is 172 Å². The molecule has 1 aliphatic rings. The van der Waals surface area contributed by atoms with Gasteiger partial charge in [0.25, 0.3) is 5.91 Å². The topological polar surface area (TPSA) is 349 Å². The molecule has 0 radical (unpaired) electrons. The van der Waals surface area contributed by atoms with Gasteiger partial charge in [0.15, 0.2) is 0 Å². The molecule has 122 heavy (non-hydrogen) atoms. The van der Waals surface area contributed by atoms with Crippen molar-refractivity contribution in [1.29, 1.82) is 0 Å². The summed E-state index contributed by atoms with van der Waals surface area (Å²) in [6.45, 7) is 28.0. The highest BCUT2D eigenvalue weighted by Crippen LogP contribution is 2.55. The Bertz CT molecular complexity index is 4050. The number of allylic oxidation sites excluding steroid dienone is 1. The van der Waals surface area contributed by atoms with Crippen LogP contribution in [0.4, 0.5) is 0 Å². The minimum absolute atomic E-state index is 0.0608. The van der Waals surface area contributed by atoms with Crippen LogP contribution in [0.3, 0.4) is 0 Å². The second-order valence-corrected chi connectivity index (χ2v) is 38.6. The first kappa shape index (κ1) is 103. The summed E-state index contributed by atoms with van der Waals surface area (Å²) in [7, 11) is 7.53. The van der Waals surface area contributed by atoms with E-state index in [9.17, 15) is 43.2 Å². The quantitative estimate of drug-likeness (QED) is 0.0267. The summed E-state index contributed by atoms with van der Waals surface area (Å²) in [6, 6.07) is 24.7. The van der Waals surface area contributed by atoms with Crippen LogP contribution in [0.5, 0.6) is 0 Å². The van der Waals surface area contributed by atoms with Crippen molar-refractivity contribution in [1.82, 2.24) is 66.2 Å². The van der Waals surface area contributed by atoms with Gasteiger partial charge in [-0.3, -0.25) is 62.3 Å². The highest BCUT2D eigenvalue weighted by atomic mass is 31.2. The number of ether oxygens (including phenoxy) is 1. The van der Waals surface area contributed by atoms with Gasteiger partial charge < -0.3 is 76.0 Å². The van der Waals surface area contributed by atoms with Crippen molar-refractivity contribution in [2.24, 2.45) is 41.4 Å². The Hall–Kier alpha value is -9.92. The van der Waals surface area contributed by atoms with Gasteiger partial charge in [0, 0.05) is 68.0 Å². The third-order valence-electron chi connectivity index (χ3n) is 22.7. The molecule has 5 rings (SSSR count). The summed E-state index contributed by atoms with van der Waals surface area (Å²) in [5.41, 5.74) is 1.04. The number of likely N-dealkylation sites (N-methyl/N-ethyl adjacent to an activating group) is 7. The predicted octanol–water partition coefficient (Wildman–Crippen LogP) is 6.02. The Morgan fingerprint density at radius 2 is 0.910 bits per heavy atom. The van der Waals surface area contributed by atoms with E-state index in [2.05, 4.69) is 68.3 Å². The van der Waals surface area contributed by atoms with Crippen LogP contribution in [0.2, 0.25) is 0 Å². The second-order valence-electron chi connectivity index (χ2n) is 35.0. The first-order valence-electron chi connectivity index (χ1n) is 43.1. The fraction of sp³-hybridized carbons (Fsp3) is 0.581. The number of hydrogen-bond acceptors (Lipinski definition) is 15. The summed E-state index contributed by atoms with van der Waals surface area (Å²) < 4.78 is 5.81. The van der Waals surface area contributed by atoms with Gasteiger partial charge in [-0.25, -0.2) is 0 Å². The molecule has 1 aliphatic heterocycles. The molecule has 4 aromatic carbocycles. The molecule has 12 atom stereocenters. The number of hydrogen-bond donors (Lipinski definition) is 6. The molecule has 0 aromatic heterocycles. The summed E-state index contributed by atoms with van der Waals surface area (Å²) >= 11 is 0. The van der Waals surface area contributed by atoms with Crippen molar-refractivity contribution in [2.45, 2.75) is 222 Å². The summed E-state index contributed by atoms with van der Waals surface area (Å²) in [4.78, 5) is 198. The first-order valence-corrected chi connectivity index (χ1v) is 45.1. The smallest absolute Gasteiger partial charge is 0.251 e. The molecular weight excluding hydrogens is 1570 g/mol. The Morgan fingerprint density at radius 1 is 0.475 bits per heavy atom. The van der Waals surface area contributed by atoms with Gasteiger partial charge in [-0.05, 0) is 142 Å². The van der Waals surface area contributed by atoms with Crippen LogP contribution in [0.15, 0.2) is 121 Å². The highest BCUT2D eigenvalue weighted by molar-refractivity contribution is 7.95. The molecule has 6 N–H and O–H groups in total. The van der Waals surface area contributed by atoms with Crippen molar-refractivity contribution < 1.29 is 72.2 Å². The van der Waals surface area contributed by atoms with E-state index in [1.54, 1.807) is 78.0 Å². The van der Waals surface area contributed by atoms with Crippen LogP contribution in [0.25, 0.3) is 6.08 Å². The minimum Gasteiger partial charge on any atom is -0.850 e. The molecule has 29 heteroatoms. The predicted molar refractivity (Wildman–Crippen MR) is 478 cm³/mol. The van der Waals surface area contributed by atoms with Crippen LogP contribution in [0, 0.1) is 41.4 Å². The van der Waals surface area contributed by atoms with Crippen LogP contribution < -0.4 is 52.9 Å². The molecular formula is C93H140N13O15P. The van der Waals surface area contributed by atoms with E-state index < -0.39 is 163 Å². The van der Waals surface area contributed by atoms with E-state index in [0.717, 1.165) is 9.80 Å². The molecule has 0 spiro atoms. The number of nitrogens with one attached hydrogen (secondary N) is 6. The molecule has 0 saturated carbocycles. The zero-order valence-corrected chi connectivity index (χ0v) is 77.3. The zero-order chi connectivity index (χ0) is 91.3. The zero-order valence-electron chi connectivity index (χ0n) is 76.4. The second kappa shape index (κ2) is 48.8. The van der Waals surface area contributed by atoms with E-state index in [1.807, 2.05) is 110 Å². The average molecular weight is 1710 g/mol. The van der Waals surface area contributed by atoms with E-state index in [4.69, 9.17) is 4.74 Å². The van der Waals surface area contributed by atoms with Crippen LogP contribution in [-0.2, 0) is 62.3 Å². The first-order chi connectivity index (χ1) is 57.4. The standard InChI is InChI=1S/C93H140N13O15P/c1-24-72-89(116)100(17)57-78(108)101(18)73(53-58(2)3)86(113)99-79(62(10)11)92(119)102(19)74(54-59(4)5)85(112)96-65(15)83(110)97-66(16)88(115)103(20)75(55-60(6)7)90(117)104(21)76(56-61(8)9)91(118)105(22)80(63(12)13)93(120)106(23)81(87(114)98-72)82(109)64(14)35-34-36-67-43-45-68(46-44-67)84(111)95-49-51-121-50-48-94-77(107)47-52-122(69-37-28-25-29-38-69,70-39-30-26-31-40-70)71-41-32-27-33-42-71/h25-34,36-46,58-66,72-76,79-82H,24,35,47-57H2,1-23H3,(H,94,107)(H,95,111)(H,96,112)(H,97,110)(H,98,114)(H,99,113)/b36-34+/t64-,65+,66-,72+,73+,74+,75+,76+,79+,80+,81+,82-/m1/s1. The van der Waals surface area contributed by atoms with E-state index in [1.165, 1.54) is 104 Å². The molecule has 0 aliphatic carbocycles. The molecule has 13 amide bonds. The van der Waals surface area contributed by atoms with Crippen molar-refractivity contribution in [3.63, 3.8) is 0 Å². The number of carbonyl (C=O) groups excluding carboxylic acids is 13. The van der Waals surface area contributed by atoms with Gasteiger partial charge in [0.05, 0.1) is 38.4 Å². The number of carbonyl (C=O) groups is 13. The molecule has 28 nitrogen and oxygen atoms in total. The lowest BCUT2D eigenvalue weighted by Gasteiger charge is -2.44. The fourth-order valence-electron chi connectivity index (χ4n) is 15.4. The Labute approximate surface area is 725 Å². The maximum atomic E-state index is 15.6. The molecule has 0 bridgehead atoms. The monoisotopic (exact) mass is 1710 g/mol. The summed E-state index contributed by atoms with van der Waals surface area (Å²) in [6.07, 6.45) is 2.95. The van der Waals surface area contributed by atoms with Gasteiger partial charge in [-0.15, -0.1) is 0 Å². The van der Waals surface area contributed by atoms with E-state index in [-0.39, 0.29) is 100 Å². The van der Waals surface area contributed by atoms with Gasteiger partial charge in [0.1, 0.15) is 77.6 Å². The summed E-state index contributed by atoms with van der Waals surface area (Å²) in [5, 5.41) is 35.8. The van der Waals surface area contributed by atoms with Gasteiger partial charge in [0.2, 0.25) is 70.9 Å². The third kappa shape index (κ3) is 28.6. The fourth-order valence-corrected chi connectivity index (χ4v) is 19.7. The molecule has 0 unspecified atom stereocenters. The molecule has 1 saturated heterocycles. The SMILES string of the molecule is CC[C@@H]1NC(=O)[C@H]([C@H]([O-])[C@H](C)C/C=C/c2ccc(C(=O)NCCOCCNC(=O)CC[P+](c3ccccc3)(c3ccccc3)c3ccccc3)cc2)N(C)C(=O)[C@H](C(C)C)N(C)C(=O)[C@H](CC(C)C)N(C)C(=O)[C@H](CC(C)C)N(C)C(=O)[C@@H](C)NC(=O)[C@H](C)NC(=O)[C@H](CC(C)C)N(C)C(=O)[C@H](C(C)C)NC(=O)[C@H](CC(C)C)N(C)C(=O)CN(C)C1=O. The maximum absolute atomic E-state index is 15.6. The minimum atomic E-state index is -2.20. The van der Waals surface area contributed by atoms with Crippen molar-refractivity contribution in [2.75, 3.05) is 88.3 Å². The molecule has 4 aromatic rings. The van der Waals surface area contributed by atoms with Crippen LogP contribution >= 0.6 is 7.26 Å². The lowest BCUT2D eigenvalue weighted by Crippen LogP contribution is -2.65. The number of nitrogens with zero attached hydrogens (tertiary/aromatic N) is 7. The van der Waals surface area contributed by atoms with Gasteiger partial charge in [-0.1, -0.05) is 188 Å².